The summed E-state index contributed by atoms with van der Waals surface area (Å²) >= 11 is 0. The fourth-order valence-electron chi connectivity index (χ4n) is 2.66. The van der Waals surface area contributed by atoms with Gasteiger partial charge in [-0.15, -0.1) is 0 Å². The van der Waals surface area contributed by atoms with E-state index < -0.39 is 0 Å². The third-order valence-corrected chi connectivity index (χ3v) is 3.98. The minimum atomic E-state index is 0.370. The standard InChI is InChI=1S/C17H34N4/c1-5-6-7-8-9-10-11-12-13-19-17-15(18)16(14(2)3)20-21(17)4/h14,19H,5-13,18H2,1-4H3. The molecule has 122 valence electrons. The Balaban J connectivity index is 2.18. The normalized spacial score (nSPS) is 11.3. The molecule has 0 aliphatic rings. The van der Waals surface area contributed by atoms with Crippen LogP contribution in [0.1, 0.15) is 83.7 Å². The molecule has 1 heterocycles. The summed E-state index contributed by atoms with van der Waals surface area (Å²) in [6.45, 7) is 7.50. The maximum atomic E-state index is 6.17. The number of anilines is 2. The van der Waals surface area contributed by atoms with Crippen molar-refractivity contribution >= 4 is 11.5 Å². The number of nitrogens with zero attached hydrogens (tertiary/aromatic N) is 2. The summed E-state index contributed by atoms with van der Waals surface area (Å²) in [6.07, 6.45) is 10.7. The van der Waals surface area contributed by atoms with Gasteiger partial charge in [0.05, 0.1) is 11.4 Å². The monoisotopic (exact) mass is 294 g/mol. The maximum Gasteiger partial charge on any atom is 0.147 e. The van der Waals surface area contributed by atoms with Gasteiger partial charge in [0.15, 0.2) is 0 Å². The third kappa shape index (κ3) is 5.98. The van der Waals surface area contributed by atoms with Crippen LogP contribution in [0.3, 0.4) is 0 Å². The number of hydrogen-bond donors (Lipinski definition) is 2. The van der Waals surface area contributed by atoms with Crippen LogP contribution in [0.15, 0.2) is 0 Å². The van der Waals surface area contributed by atoms with E-state index in [1.807, 2.05) is 11.7 Å². The molecule has 1 aromatic rings. The Morgan fingerprint density at radius 1 is 1.05 bits per heavy atom. The number of rotatable bonds is 11. The lowest BCUT2D eigenvalue weighted by Crippen LogP contribution is -2.07. The van der Waals surface area contributed by atoms with E-state index in [0.717, 1.165) is 23.7 Å². The topological polar surface area (TPSA) is 55.9 Å². The number of nitrogens with one attached hydrogen (secondary N) is 1. The van der Waals surface area contributed by atoms with Crippen molar-refractivity contribution in [2.75, 3.05) is 17.6 Å². The molecule has 0 saturated carbocycles. The Morgan fingerprint density at radius 2 is 1.62 bits per heavy atom. The summed E-state index contributed by atoms with van der Waals surface area (Å²) in [5, 5.41) is 7.94. The molecule has 21 heavy (non-hydrogen) atoms. The van der Waals surface area contributed by atoms with E-state index in [-0.39, 0.29) is 0 Å². The summed E-state index contributed by atoms with van der Waals surface area (Å²) in [5.41, 5.74) is 7.98. The maximum absolute atomic E-state index is 6.17. The van der Waals surface area contributed by atoms with Crippen LogP contribution in [-0.2, 0) is 7.05 Å². The molecule has 0 spiro atoms. The molecule has 3 N–H and O–H groups in total. The third-order valence-electron chi connectivity index (χ3n) is 3.98. The minimum absolute atomic E-state index is 0.370. The van der Waals surface area contributed by atoms with Crippen LogP contribution >= 0.6 is 0 Å². The average Bonchev–Trinajstić information content (AvgIpc) is 2.73. The van der Waals surface area contributed by atoms with Crippen LogP contribution in [0.4, 0.5) is 11.5 Å². The molecule has 0 aliphatic heterocycles. The van der Waals surface area contributed by atoms with Gasteiger partial charge in [0.25, 0.3) is 0 Å². The zero-order valence-electron chi connectivity index (χ0n) is 14.4. The van der Waals surface area contributed by atoms with Crippen LogP contribution in [-0.4, -0.2) is 16.3 Å². The van der Waals surface area contributed by atoms with Crippen molar-refractivity contribution in [3.63, 3.8) is 0 Å². The van der Waals surface area contributed by atoms with E-state index in [0.29, 0.717) is 5.92 Å². The van der Waals surface area contributed by atoms with Gasteiger partial charge in [-0.25, -0.2) is 0 Å². The van der Waals surface area contributed by atoms with Gasteiger partial charge < -0.3 is 11.1 Å². The first kappa shape index (κ1) is 17.9. The van der Waals surface area contributed by atoms with Gasteiger partial charge in [0.1, 0.15) is 5.82 Å². The van der Waals surface area contributed by atoms with Gasteiger partial charge in [-0.3, -0.25) is 4.68 Å². The second-order valence-electron chi connectivity index (χ2n) is 6.33. The van der Waals surface area contributed by atoms with Crippen LogP contribution < -0.4 is 11.1 Å². The zero-order chi connectivity index (χ0) is 15.7. The fraction of sp³-hybridized carbons (Fsp3) is 0.824. The highest BCUT2D eigenvalue weighted by Crippen LogP contribution is 2.27. The van der Waals surface area contributed by atoms with Crippen LogP contribution in [0.5, 0.6) is 0 Å². The van der Waals surface area contributed by atoms with E-state index in [9.17, 15) is 0 Å². The highest BCUT2D eigenvalue weighted by atomic mass is 15.3. The number of aryl methyl sites for hydroxylation is 1. The van der Waals surface area contributed by atoms with E-state index >= 15 is 0 Å². The molecule has 0 unspecified atom stereocenters. The van der Waals surface area contributed by atoms with Crippen molar-refractivity contribution in [2.24, 2.45) is 7.05 Å². The highest BCUT2D eigenvalue weighted by molar-refractivity contribution is 5.65. The van der Waals surface area contributed by atoms with Gasteiger partial charge >= 0.3 is 0 Å². The fourth-order valence-corrected chi connectivity index (χ4v) is 2.66. The SMILES string of the molecule is CCCCCCCCCCNc1c(N)c(C(C)C)nn1C. The molecular weight excluding hydrogens is 260 g/mol. The molecule has 0 aliphatic carbocycles. The molecule has 1 rings (SSSR count). The molecule has 0 atom stereocenters. The number of aromatic nitrogens is 2. The first-order valence-corrected chi connectivity index (χ1v) is 8.64. The Labute approximate surface area is 130 Å². The van der Waals surface area contributed by atoms with E-state index in [4.69, 9.17) is 5.73 Å². The predicted molar refractivity (Wildman–Crippen MR) is 92.8 cm³/mol. The predicted octanol–water partition coefficient (Wildman–Crippen LogP) is 4.68. The van der Waals surface area contributed by atoms with Gasteiger partial charge in [-0.05, 0) is 12.3 Å². The van der Waals surface area contributed by atoms with Crippen molar-refractivity contribution in [1.82, 2.24) is 9.78 Å². The Morgan fingerprint density at radius 3 is 2.14 bits per heavy atom. The molecule has 4 heteroatoms. The van der Waals surface area contributed by atoms with Gasteiger partial charge in [0.2, 0.25) is 0 Å². The van der Waals surface area contributed by atoms with Gasteiger partial charge in [-0.2, -0.15) is 5.10 Å². The Bertz CT molecular complexity index is 396. The first-order chi connectivity index (χ1) is 10.1. The van der Waals surface area contributed by atoms with Crippen molar-refractivity contribution in [2.45, 2.75) is 78.1 Å². The summed E-state index contributed by atoms with van der Waals surface area (Å²) in [6, 6.07) is 0. The summed E-state index contributed by atoms with van der Waals surface area (Å²) in [7, 11) is 1.96. The van der Waals surface area contributed by atoms with E-state index in [1.54, 1.807) is 0 Å². The lowest BCUT2D eigenvalue weighted by molar-refractivity contribution is 0.580. The largest absolute Gasteiger partial charge is 0.394 e. The van der Waals surface area contributed by atoms with Crippen molar-refractivity contribution in [3.8, 4) is 0 Å². The lowest BCUT2D eigenvalue weighted by Gasteiger charge is -2.08. The molecule has 0 amide bonds. The minimum Gasteiger partial charge on any atom is -0.394 e. The number of hydrogen-bond acceptors (Lipinski definition) is 3. The highest BCUT2D eigenvalue weighted by Gasteiger charge is 2.15. The van der Waals surface area contributed by atoms with Gasteiger partial charge in [-0.1, -0.05) is 65.7 Å². The molecule has 0 saturated heterocycles. The number of unbranched alkanes of at least 4 members (excludes halogenated alkanes) is 7. The van der Waals surface area contributed by atoms with Crippen molar-refractivity contribution in [3.05, 3.63) is 5.69 Å². The summed E-state index contributed by atoms with van der Waals surface area (Å²) in [5.74, 6) is 1.34. The van der Waals surface area contributed by atoms with E-state index in [1.165, 1.54) is 51.4 Å². The van der Waals surface area contributed by atoms with Crippen molar-refractivity contribution in [1.29, 1.82) is 0 Å². The molecule has 4 nitrogen and oxygen atoms in total. The Kier molecular flexibility index (Phi) is 8.24. The molecular formula is C17H34N4. The Hall–Kier alpha value is -1.19. The lowest BCUT2D eigenvalue weighted by atomic mass is 10.1. The van der Waals surface area contributed by atoms with Crippen molar-refractivity contribution < 1.29 is 0 Å². The van der Waals surface area contributed by atoms with Crippen LogP contribution in [0.2, 0.25) is 0 Å². The van der Waals surface area contributed by atoms with Gasteiger partial charge in [0, 0.05) is 13.6 Å². The second kappa shape index (κ2) is 9.69. The molecule has 1 aromatic heterocycles. The molecule has 0 bridgehead atoms. The quantitative estimate of drug-likeness (QED) is 0.583. The molecule has 0 aromatic carbocycles. The number of nitrogens with two attached hydrogens (primary N) is 1. The average molecular weight is 294 g/mol. The number of nitrogen functional groups attached to an aromatic ring is 1. The smallest absolute Gasteiger partial charge is 0.147 e. The second-order valence-corrected chi connectivity index (χ2v) is 6.33. The summed E-state index contributed by atoms with van der Waals surface area (Å²) < 4.78 is 1.87. The first-order valence-electron chi connectivity index (χ1n) is 8.64. The summed E-state index contributed by atoms with van der Waals surface area (Å²) in [4.78, 5) is 0. The van der Waals surface area contributed by atoms with E-state index in [2.05, 4.69) is 31.2 Å². The van der Waals surface area contributed by atoms with Crippen LogP contribution in [0, 0.1) is 0 Å². The van der Waals surface area contributed by atoms with Crippen LogP contribution in [0.25, 0.3) is 0 Å². The molecule has 0 fully saturated rings. The molecule has 0 radical (unpaired) electrons. The zero-order valence-corrected chi connectivity index (χ0v) is 14.4.